The summed E-state index contributed by atoms with van der Waals surface area (Å²) in [7, 11) is 0. The predicted molar refractivity (Wildman–Crippen MR) is 57.2 cm³/mol. The van der Waals surface area contributed by atoms with Gasteiger partial charge in [0, 0.05) is 30.9 Å². The molecule has 4 heteroatoms. The standard InChI is InChI=1S/C11H13N3O/c1-8-11(9-3-6-13-7-4-9)15-10(14-8)2-5-12/h3-4,6-7H,2,5,12H2,1H3. The lowest BCUT2D eigenvalue weighted by Crippen LogP contribution is -2.02. The van der Waals surface area contributed by atoms with Crippen molar-refractivity contribution in [3.05, 3.63) is 36.1 Å². The second-order valence-corrected chi connectivity index (χ2v) is 3.30. The Morgan fingerprint density at radius 1 is 1.33 bits per heavy atom. The van der Waals surface area contributed by atoms with Crippen LogP contribution in [0.2, 0.25) is 0 Å². The molecule has 0 unspecified atom stereocenters. The minimum atomic E-state index is 0.551. The molecule has 2 N–H and O–H groups in total. The lowest BCUT2D eigenvalue weighted by molar-refractivity contribution is 0.508. The van der Waals surface area contributed by atoms with Gasteiger partial charge in [0.25, 0.3) is 0 Å². The summed E-state index contributed by atoms with van der Waals surface area (Å²) in [6.07, 6.45) is 4.14. The first-order valence-corrected chi connectivity index (χ1v) is 4.88. The van der Waals surface area contributed by atoms with Crippen LogP contribution in [-0.4, -0.2) is 16.5 Å². The zero-order valence-electron chi connectivity index (χ0n) is 8.60. The molecule has 4 nitrogen and oxygen atoms in total. The molecule has 15 heavy (non-hydrogen) atoms. The summed E-state index contributed by atoms with van der Waals surface area (Å²) in [6.45, 7) is 2.48. The van der Waals surface area contributed by atoms with E-state index in [1.165, 1.54) is 0 Å². The summed E-state index contributed by atoms with van der Waals surface area (Å²) in [5.41, 5.74) is 7.34. The number of nitrogens with two attached hydrogens (primary N) is 1. The quantitative estimate of drug-likeness (QED) is 0.821. The maximum atomic E-state index is 5.62. The van der Waals surface area contributed by atoms with Gasteiger partial charge in [-0.15, -0.1) is 0 Å². The first-order chi connectivity index (χ1) is 7.31. The fourth-order valence-corrected chi connectivity index (χ4v) is 1.45. The summed E-state index contributed by atoms with van der Waals surface area (Å²) in [5, 5.41) is 0. The largest absolute Gasteiger partial charge is 0.440 e. The van der Waals surface area contributed by atoms with Gasteiger partial charge in [-0.25, -0.2) is 4.98 Å². The van der Waals surface area contributed by atoms with Gasteiger partial charge >= 0.3 is 0 Å². The van der Waals surface area contributed by atoms with Crippen LogP contribution in [0.1, 0.15) is 11.6 Å². The van der Waals surface area contributed by atoms with Crippen LogP contribution in [0.5, 0.6) is 0 Å². The van der Waals surface area contributed by atoms with Crippen molar-refractivity contribution in [2.24, 2.45) is 5.73 Å². The van der Waals surface area contributed by atoms with Gasteiger partial charge in [-0.1, -0.05) is 0 Å². The van der Waals surface area contributed by atoms with Gasteiger partial charge in [0.15, 0.2) is 11.7 Å². The van der Waals surface area contributed by atoms with Crippen LogP contribution in [0.15, 0.2) is 28.9 Å². The van der Waals surface area contributed by atoms with E-state index in [1.807, 2.05) is 19.1 Å². The van der Waals surface area contributed by atoms with Crippen LogP contribution >= 0.6 is 0 Å². The van der Waals surface area contributed by atoms with E-state index in [0.717, 1.165) is 17.0 Å². The molecule has 0 aliphatic rings. The fourth-order valence-electron chi connectivity index (χ4n) is 1.45. The molecular formula is C11H13N3O. The van der Waals surface area contributed by atoms with Crippen molar-refractivity contribution in [1.82, 2.24) is 9.97 Å². The molecule has 0 atom stereocenters. The highest BCUT2D eigenvalue weighted by Crippen LogP contribution is 2.23. The van der Waals surface area contributed by atoms with Gasteiger partial charge < -0.3 is 10.2 Å². The van der Waals surface area contributed by atoms with Gasteiger partial charge in [-0.05, 0) is 19.1 Å². The van der Waals surface area contributed by atoms with E-state index in [9.17, 15) is 0 Å². The van der Waals surface area contributed by atoms with Crippen LogP contribution in [0, 0.1) is 6.92 Å². The number of aromatic nitrogens is 2. The number of hydrogen-bond donors (Lipinski definition) is 1. The predicted octanol–water partition coefficient (Wildman–Crippen LogP) is 1.55. The molecule has 0 saturated carbocycles. The summed E-state index contributed by atoms with van der Waals surface area (Å²) in [6, 6.07) is 3.81. The number of rotatable bonds is 3. The molecule has 0 aliphatic heterocycles. The van der Waals surface area contributed by atoms with E-state index in [4.69, 9.17) is 10.2 Å². The normalized spacial score (nSPS) is 10.5. The number of pyridine rings is 1. The van der Waals surface area contributed by atoms with Crippen LogP contribution < -0.4 is 5.73 Å². The van der Waals surface area contributed by atoms with Crippen LogP contribution in [-0.2, 0) is 6.42 Å². The number of nitrogens with zero attached hydrogens (tertiary/aromatic N) is 2. The van der Waals surface area contributed by atoms with Crippen molar-refractivity contribution in [2.45, 2.75) is 13.3 Å². The van der Waals surface area contributed by atoms with E-state index in [0.29, 0.717) is 18.9 Å². The summed E-state index contributed by atoms with van der Waals surface area (Å²) >= 11 is 0. The van der Waals surface area contributed by atoms with E-state index < -0.39 is 0 Å². The molecule has 0 fully saturated rings. The maximum Gasteiger partial charge on any atom is 0.196 e. The summed E-state index contributed by atoms with van der Waals surface area (Å²) in [4.78, 5) is 8.27. The van der Waals surface area contributed by atoms with Crippen molar-refractivity contribution in [2.75, 3.05) is 6.54 Å². The molecule has 2 heterocycles. The first kappa shape index (κ1) is 9.86. The second-order valence-electron chi connectivity index (χ2n) is 3.30. The van der Waals surface area contributed by atoms with E-state index in [1.54, 1.807) is 12.4 Å². The third kappa shape index (κ3) is 2.05. The summed E-state index contributed by atoms with van der Waals surface area (Å²) < 4.78 is 5.62. The monoisotopic (exact) mass is 203 g/mol. The van der Waals surface area contributed by atoms with Crippen molar-refractivity contribution >= 4 is 0 Å². The molecule has 0 amide bonds. The average Bonchev–Trinajstić information content (AvgIpc) is 2.61. The Bertz CT molecular complexity index is 436. The van der Waals surface area contributed by atoms with Gasteiger partial charge in [-0.2, -0.15) is 0 Å². The van der Waals surface area contributed by atoms with E-state index in [2.05, 4.69) is 9.97 Å². The van der Waals surface area contributed by atoms with Gasteiger partial charge in [0.2, 0.25) is 0 Å². The average molecular weight is 203 g/mol. The lowest BCUT2D eigenvalue weighted by Gasteiger charge is -1.95. The first-order valence-electron chi connectivity index (χ1n) is 4.88. The molecule has 0 saturated heterocycles. The Balaban J connectivity index is 2.36. The van der Waals surface area contributed by atoms with E-state index >= 15 is 0 Å². The summed E-state index contributed by atoms with van der Waals surface area (Å²) in [5.74, 6) is 1.50. The number of aryl methyl sites for hydroxylation is 1. The zero-order valence-corrected chi connectivity index (χ0v) is 8.60. The smallest absolute Gasteiger partial charge is 0.196 e. The second kappa shape index (κ2) is 4.23. The molecule has 2 aromatic rings. The highest BCUT2D eigenvalue weighted by Gasteiger charge is 2.10. The van der Waals surface area contributed by atoms with Gasteiger partial charge in [0.1, 0.15) is 0 Å². The highest BCUT2D eigenvalue weighted by atomic mass is 16.4. The molecule has 2 rings (SSSR count). The third-order valence-corrected chi connectivity index (χ3v) is 2.14. The minimum Gasteiger partial charge on any atom is -0.440 e. The van der Waals surface area contributed by atoms with Gasteiger partial charge in [0.05, 0.1) is 5.69 Å². The SMILES string of the molecule is Cc1nc(CCN)oc1-c1ccncc1. The fraction of sp³-hybridized carbons (Fsp3) is 0.273. The van der Waals surface area contributed by atoms with Crippen LogP contribution in [0.25, 0.3) is 11.3 Å². The molecule has 0 bridgehead atoms. The lowest BCUT2D eigenvalue weighted by atomic mass is 10.2. The molecule has 0 radical (unpaired) electrons. The molecule has 0 aromatic carbocycles. The Labute approximate surface area is 88.2 Å². The van der Waals surface area contributed by atoms with Crippen molar-refractivity contribution < 1.29 is 4.42 Å². The van der Waals surface area contributed by atoms with Crippen molar-refractivity contribution in [3.8, 4) is 11.3 Å². The highest BCUT2D eigenvalue weighted by molar-refractivity contribution is 5.58. The van der Waals surface area contributed by atoms with Crippen LogP contribution in [0.4, 0.5) is 0 Å². The van der Waals surface area contributed by atoms with Crippen molar-refractivity contribution in [3.63, 3.8) is 0 Å². The number of hydrogen-bond acceptors (Lipinski definition) is 4. The van der Waals surface area contributed by atoms with Gasteiger partial charge in [-0.3, -0.25) is 4.98 Å². The Kier molecular flexibility index (Phi) is 2.78. The zero-order chi connectivity index (χ0) is 10.7. The molecule has 2 aromatic heterocycles. The molecule has 0 aliphatic carbocycles. The Hall–Kier alpha value is -1.68. The minimum absolute atomic E-state index is 0.551. The Morgan fingerprint density at radius 3 is 2.73 bits per heavy atom. The Morgan fingerprint density at radius 2 is 2.07 bits per heavy atom. The molecular weight excluding hydrogens is 190 g/mol. The third-order valence-electron chi connectivity index (χ3n) is 2.14. The van der Waals surface area contributed by atoms with Crippen LogP contribution in [0.3, 0.4) is 0 Å². The molecule has 78 valence electrons. The van der Waals surface area contributed by atoms with E-state index in [-0.39, 0.29) is 0 Å². The number of oxazole rings is 1. The van der Waals surface area contributed by atoms with Crippen molar-refractivity contribution in [1.29, 1.82) is 0 Å². The molecule has 0 spiro atoms. The topological polar surface area (TPSA) is 64.9 Å². The maximum absolute atomic E-state index is 5.62.